The van der Waals surface area contributed by atoms with Gasteiger partial charge in [0.05, 0.1) is 11.5 Å². The lowest BCUT2D eigenvalue weighted by Gasteiger charge is -2.45. The number of carboxylic acid groups (broad SMARTS) is 1. The molecule has 0 aliphatic carbocycles. The molecule has 7 heteroatoms. The SMILES string of the molecule is Cc1c(C(=O)N2CCC3(CC2)[C@H](C(=O)O)CC(=O)N3C)n(C)c2ccccc12. The highest BCUT2D eigenvalue weighted by Gasteiger charge is 2.55. The van der Waals surface area contributed by atoms with E-state index in [4.69, 9.17) is 0 Å². The lowest BCUT2D eigenvalue weighted by atomic mass is 9.77. The van der Waals surface area contributed by atoms with Crippen LogP contribution in [0.3, 0.4) is 0 Å². The summed E-state index contributed by atoms with van der Waals surface area (Å²) in [5.41, 5.74) is 1.96. The quantitative estimate of drug-likeness (QED) is 0.860. The van der Waals surface area contributed by atoms with Gasteiger partial charge in [-0.25, -0.2) is 0 Å². The van der Waals surface area contributed by atoms with Crippen LogP contribution in [0.5, 0.6) is 0 Å². The maximum absolute atomic E-state index is 13.3. The van der Waals surface area contributed by atoms with E-state index in [9.17, 15) is 19.5 Å². The molecule has 3 heterocycles. The molecule has 1 atom stereocenters. The van der Waals surface area contributed by atoms with E-state index in [-0.39, 0.29) is 18.2 Å². The summed E-state index contributed by atoms with van der Waals surface area (Å²) < 4.78 is 1.93. The van der Waals surface area contributed by atoms with Gasteiger partial charge < -0.3 is 19.5 Å². The van der Waals surface area contributed by atoms with Crippen LogP contribution in [0, 0.1) is 12.8 Å². The molecule has 2 aromatic rings. The first-order valence-corrected chi connectivity index (χ1v) is 9.60. The molecule has 0 bridgehead atoms. The normalized spacial score (nSPS) is 21.7. The lowest BCUT2D eigenvalue weighted by Crippen LogP contribution is -2.57. The Morgan fingerprint density at radius 2 is 1.79 bits per heavy atom. The van der Waals surface area contributed by atoms with Crippen molar-refractivity contribution in [2.24, 2.45) is 13.0 Å². The predicted molar refractivity (Wildman–Crippen MR) is 104 cm³/mol. The van der Waals surface area contributed by atoms with Gasteiger partial charge in [-0.3, -0.25) is 14.4 Å². The average molecular weight is 383 g/mol. The number of likely N-dealkylation sites (tertiary alicyclic amines) is 2. The number of aliphatic carboxylic acids is 1. The second-order valence-electron chi connectivity index (χ2n) is 7.99. The largest absolute Gasteiger partial charge is 0.481 e. The fourth-order valence-electron chi connectivity index (χ4n) is 5.12. The van der Waals surface area contributed by atoms with Gasteiger partial charge in [-0.05, 0) is 31.4 Å². The van der Waals surface area contributed by atoms with E-state index >= 15 is 0 Å². The molecule has 0 unspecified atom stereocenters. The third-order valence-corrected chi connectivity index (χ3v) is 6.85. The Labute approximate surface area is 163 Å². The number of carbonyl (C=O) groups excluding carboxylic acids is 2. The Balaban J connectivity index is 1.60. The summed E-state index contributed by atoms with van der Waals surface area (Å²) in [6.07, 6.45) is 1.02. The topological polar surface area (TPSA) is 82.8 Å². The number of aromatic nitrogens is 1. The van der Waals surface area contributed by atoms with Gasteiger partial charge in [-0.15, -0.1) is 0 Å². The van der Waals surface area contributed by atoms with Gasteiger partial charge in [0, 0.05) is 44.5 Å². The Morgan fingerprint density at radius 1 is 1.14 bits per heavy atom. The minimum Gasteiger partial charge on any atom is -0.481 e. The summed E-state index contributed by atoms with van der Waals surface area (Å²) >= 11 is 0. The van der Waals surface area contributed by atoms with Crippen LogP contribution in [0.25, 0.3) is 10.9 Å². The summed E-state index contributed by atoms with van der Waals surface area (Å²) in [6.45, 7) is 2.85. The van der Waals surface area contributed by atoms with E-state index in [0.29, 0.717) is 31.6 Å². The molecule has 28 heavy (non-hydrogen) atoms. The van der Waals surface area contributed by atoms with Crippen LogP contribution in [-0.4, -0.2) is 62.9 Å². The molecule has 1 aromatic carbocycles. The molecule has 1 N–H and O–H groups in total. The van der Waals surface area contributed by atoms with Crippen molar-refractivity contribution >= 4 is 28.7 Å². The minimum atomic E-state index is -0.929. The van der Waals surface area contributed by atoms with Crippen LogP contribution in [0.2, 0.25) is 0 Å². The highest BCUT2D eigenvalue weighted by Crippen LogP contribution is 2.43. The predicted octanol–water partition coefficient (Wildman–Crippen LogP) is 2.02. The molecule has 2 saturated heterocycles. The number of para-hydroxylation sites is 1. The standard InChI is InChI=1S/C21H25N3O4/c1-13-14-6-4-5-7-16(14)22(2)18(13)19(26)24-10-8-21(9-11-24)15(20(27)28)12-17(25)23(21)3/h4-7,15H,8-12H2,1-3H3,(H,27,28)/t15-/m0/s1. The van der Waals surface area contributed by atoms with Crippen LogP contribution >= 0.6 is 0 Å². The number of fused-ring (bicyclic) bond motifs is 1. The van der Waals surface area contributed by atoms with Gasteiger partial charge in [0.25, 0.3) is 5.91 Å². The number of hydrogen-bond donors (Lipinski definition) is 1. The van der Waals surface area contributed by atoms with E-state index in [1.807, 2.05) is 42.8 Å². The van der Waals surface area contributed by atoms with Crippen molar-refractivity contribution in [2.45, 2.75) is 31.7 Å². The molecule has 4 rings (SSSR count). The molecule has 2 amide bonds. The fourth-order valence-corrected chi connectivity index (χ4v) is 5.12. The smallest absolute Gasteiger partial charge is 0.309 e. The van der Waals surface area contributed by atoms with Crippen LogP contribution in [0.1, 0.15) is 35.3 Å². The first-order chi connectivity index (χ1) is 13.3. The fraction of sp³-hybridized carbons (Fsp3) is 0.476. The number of amides is 2. The number of nitrogens with zero attached hydrogens (tertiary/aromatic N) is 3. The lowest BCUT2D eigenvalue weighted by molar-refractivity contribution is -0.145. The summed E-state index contributed by atoms with van der Waals surface area (Å²) in [6, 6.07) is 7.94. The second kappa shape index (κ2) is 6.36. The molecule has 0 saturated carbocycles. The van der Waals surface area contributed by atoms with Crippen LogP contribution in [0.15, 0.2) is 24.3 Å². The van der Waals surface area contributed by atoms with E-state index in [2.05, 4.69) is 0 Å². The number of benzene rings is 1. The Hall–Kier alpha value is -2.83. The monoisotopic (exact) mass is 383 g/mol. The zero-order valence-electron chi connectivity index (χ0n) is 16.4. The molecule has 0 radical (unpaired) electrons. The van der Waals surface area contributed by atoms with Gasteiger partial charge in [0.15, 0.2) is 0 Å². The van der Waals surface area contributed by atoms with E-state index in [0.717, 1.165) is 16.5 Å². The molecule has 2 fully saturated rings. The first kappa shape index (κ1) is 18.5. The molecule has 1 spiro atoms. The Bertz CT molecular complexity index is 946. The summed E-state index contributed by atoms with van der Waals surface area (Å²) in [7, 11) is 3.59. The molecule has 2 aliphatic heterocycles. The van der Waals surface area contributed by atoms with Crippen LogP contribution in [0.4, 0.5) is 0 Å². The van der Waals surface area contributed by atoms with Crippen molar-refractivity contribution in [3.8, 4) is 0 Å². The van der Waals surface area contributed by atoms with Crippen molar-refractivity contribution in [1.29, 1.82) is 0 Å². The van der Waals surface area contributed by atoms with Crippen molar-refractivity contribution in [3.05, 3.63) is 35.5 Å². The average Bonchev–Trinajstić information content (AvgIpc) is 3.08. The van der Waals surface area contributed by atoms with Crippen molar-refractivity contribution in [1.82, 2.24) is 14.4 Å². The van der Waals surface area contributed by atoms with E-state index in [1.54, 1.807) is 16.8 Å². The molecule has 7 nitrogen and oxygen atoms in total. The number of aryl methyl sites for hydroxylation is 2. The third-order valence-electron chi connectivity index (χ3n) is 6.85. The summed E-state index contributed by atoms with van der Waals surface area (Å²) in [5, 5.41) is 10.7. The maximum Gasteiger partial charge on any atom is 0.309 e. The highest BCUT2D eigenvalue weighted by molar-refractivity contribution is 6.01. The number of carboxylic acids is 1. The zero-order valence-corrected chi connectivity index (χ0v) is 16.4. The zero-order chi connectivity index (χ0) is 20.2. The second-order valence-corrected chi connectivity index (χ2v) is 7.99. The van der Waals surface area contributed by atoms with Gasteiger partial charge in [0.2, 0.25) is 5.91 Å². The van der Waals surface area contributed by atoms with Gasteiger partial charge >= 0.3 is 5.97 Å². The Morgan fingerprint density at radius 3 is 2.39 bits per heavy atom. The summed E-state index contributed by atoms with van der Waals surface area (Å²) in [4.78, 5) is 40.6. The van der Waals surface area contributed by atoms with Crippen LogP contribution in [-0.2, 0) is 16.6 Å². The minimum absolute atomic E-state index is 0.0371. The molecule has 1 aromatic heterocycles. The Kier molecular flexibility index (Phi) is 4.21. The van der Waals surface area contributed by atoms with Gasteiger partial charge in [-0.2, -0.15) is 0 Å². The van der Waals surface area contributed by atoms with Crippen molar-refractivity contribution in [2.75, 3.05) is 20.1 Å². The molecular weight excluding hydrogens is 358 g/mol. The molecule has 148 valence electrons. The number of carbonyl (C=O) groups is 3. The molecular formula is C21H25N3O4. The number of hydrogen-bond acceptors (Lipinski definition) is 3. The first-order valence-electron chi connectivity index (χ1n) is 9.60. The third kappa shape index (κ3) is 2.45. The molecule has 2 aliphatic rings. The van der Waals surface area contributed by atoms with Crippen LogP contribution < -0.4 is 0 Å². The van der Waals surface area contributed by atoms with Crippen molar-refractivity contribution in [3.63, 3.8) is 0 Å². The number of piperidine rings is 1. The van der Waals surface area contributed by atoms with Gasteiger partial charge in [0.1, 0.15) is 5.69 Å². The number of rotatable bonds is 2. The van der Waals surface area contributed by atoms with E-state index < -0.39 is 17.4 Å². The maximum atomic E-state index is 13.3. The summed E-state index contributed by atoms with van der Waals surface area (Å²) in [5.74, 6) is -1.80. The van der Waals surface area contributed by atoms with Crippen molar-refractivity contribution < 1.29 is 19.5 Å². The van der Waals surface area contributed by atoms with E-state index in [1.165, 1.54) is 0 Å². The highest BCUT2D eigenvalue weighted by atomic mass is 16.4. The van der Waals surface area contributed by atoms with Gasteiger partial charge in [-0.1, -0.05) is 18.2 Å².